The number of pyridine rings is 1. The molecule has 7 heteroatoms. The minimum atomic E-state index is -0.823. The molecule has 3 amide bonds. The molecular formula is C29H32N4O3. The summed E-state index contributed by atoms with van der Waals surface area (Å²) in [7, 11) is 0. The maximum absolute atomic E-state index is 13.8. The van der Waals surface area contributed by atoms with Crippen molar-refractivity contribution in [1.29, 1.82) is 0 Å². The van der Waals surface area contributed by atoms with E-state index in [1.807, 2.05) is 71.8 Å². The summed E-state index contributed by atoms with van der Waals surface area (Å²) < 4.78 is 0. The van der Waals surface area contributed by atoms with Crippen molar-refractivity contribution < 1.29 is 14.7 Å². The summed E-state index contributed by atoms with van der Waals surface area (Å²) in [6, 6.07) is 21.0. The first-order valence-electron chi connectivity index (χ1n) is 12.6. The van der Waals surface area contributed by atoms with Crippen molar-refractivity contribution in [3.63, 3.8) is 0 Å². The van der Waals surface area contributed by atoms with Crippen LogP contribution in [-0.2, 0) is 24.3 Å². The molecule has 2 fully saturated rings. The fourth-order valence-electron chi connectivity index (χ4n) is 5.40. The molecule has 0 bridgehead atoms. The third kappa shape index (κ3) is 4.84. The van der Waals surface area contributed by atoms with Crippen LogP contribution < -0.4 is 0 Å². The second-order valence-electron chi connectivity index (χ2n) is 9.71. The van der Waals surface area contributed by atoms with Crippen LogP contribution in [0, 0.1) is 0 Å². The number of aromatic nitrogens is 1. The van der Waals surface area contributed by atoms with E-state index in [4.69, 9.17) is 0 Å². The molecule has 1 aromatic heterocycles. The number of nitrogens with zero attached hydrogens (tertiary/aromatic N) is 4. The summed E-state index contributed by atoms with van der Waals surface area (Å²) in [4.78, 5) is 37.2. The zero-order valence-corrected chi connectivity index (χ0v) is 20.4. The van der Waals surface area contributed by atoms with E-state index in [2.05, 4.69) is 9.88 Å². The largest absolute Gasteiger partial charge is 0.508 e. The molecule has 2 saturated heterocycles. The number of urea groups is 1. The van der Waals surface area contributed by atoms with Gasteiger partial charge in [-0.15, -0.1) is 0 Å². The first-order valence-corrected chi connectivity index (χ1v) is 12.6. The molecule has 3 heterocycles. The highest BCUT2D eigenvalue weighted by Gasteiger charge is 2.57. The van der Waals surface area contributed by atoms with Crippen LogP contribution in [0.4, 0.5) is 4.79 Å². The molecule has 0 aliphatic carbocycles. The molecule has 3 aromatic rings. The topological polar surface area (TPSA) is 77.0 Å². The van der Waals surface area contributed by atoms with Gasteiger partial charge in [0.1, 0.15) is 11.3 Å². The van der Waals surface area contributed by atoms with Gasteiger partial charge in [-0.25, -0.2) is 4.79 Å². The molecule has 0 unspecified atom stereocenters. The normalized spacial score (nSPS) is 17.8. The lowest BCUT2D eigenvalue weighted by Crippen LogP contribution is -2.56. The number of carbonyl (C=O) groups is 2. The number of imide groups is 1. The van der Waals surface area contributed by atoms with Crippen LogP contribution in [0.5, 0.6) is 5.75 Å². The minimum Gasteiger partial charge on any atom is -0.508 e. The van der Waals surface area contributed by atoms with Gasteiger partial charge in [0.05, 0.1) is 0 Å². The van der Waals surface area contributed by atoms with E-state index in [1.54, 1.807) is 12.3 Å². The fourth-order valence-corrected chi connectivity index (χ4v) is 5.40. The quantitative estimate of drug-likeness (QED) is 0.485. The van der Waals surface area contributed by atoms with Gasteiger partial charge in [-0.1, -0.05) is 54.6 Å². The summed E-state index contributed by atoms with van der Waals surface area (Å²) in [6.45, 7) is 2.81. The van der Waals surface area contributed by atoms with Gasteiger partial charge >= 0.3 is 6.03 Å². The number of phenols is 1. The fraction of sp³-hybridized carbons (Fsp3) is 0.345. The highest BCUT2D eigenvalue weighted by atomic mass is 16.3. The van der Waals surface area contributed by atoms with Crippen molar-refractivity contribution in [2.45, 2.75) is 44.3 Å². The lowest BCUT2D eigenvalue weighted by molar-refractivity contribution is -0.136. The van der Waals surface area contributed by atoms with E-state index >= 15 is 0 Å². The van der Waals surface area contributed by atoms with Crippen LogP contribution in [-0.4, -0.2) is 61.9 Å². The predicted octanol–water partition coefficient (Wildman–Crippen LogP) is 4.22. The standard InChI is InChI=1S/C29H32N4O3/c34-26-13-5-4-12-25(26)22-31-18-14-29(15-19-31)27(35)32(17-7-11-23-10-6-16-30-20-23)28(36)33(29)21-24-8-2-1-3-9-24/h1-6,8-10,12-13,16,20,34H,7,11,14-15,17-19,21-22H2. The van der Waals surface area contributed by atoms with Gasteiger partial charge in [-0.05, 0) is 48.9 Å². The molecule has 186 valence electrons. The summed E-state index contributed by atoms with van der Waals surface area (Å²) in [5, 5.41) is 10.2. The number of amides is 3. The molecule has 2 aliphatic heterocycles. The Morgan fingerprint density at radius 2 is 1.58 bits per heavy atom. The van der Waals surface area contributed by atoms with Gasteiger partial charge in [0.25, 0.3) is 5.91 Å². The van der Waals surface area contributed by atoms with Gasteiger partial charge in [-0.2, -0.15) is 0 Å². The number of piperidine rings is 1. The van der Waals surface area contributed by atoms with Crippen molar-refractivity contribution in [2.75, 3.05) is 19.6 Å². The van der Waals surface area contributed by atoms with Crippen LogP contribution in [0.2, 0.25) is 0 Å². The van der Waals surface area contributed by atoms with E-state index in [0.29, 0.717) is 52.0 Å². The number of hydrogen-bond acceptors (Lipinski definition) is 5. The van der Waals surface area contributed by atoms with E-state index in [9.17, 15) is 14.7 Å². The molecule has 7 nitrogen and oxygen atoms in total. The van der Waals surface area contributed by atoms with Gasteiger partial charge in [-0.3, -0.25) is 19.6 Å². The first kappa shape index (κ1) is 24.0. The number of aryl methyl sites for hydroxylation is 1. The monoisotopic (exact) mass is 484 g/mol. The van der Waals surface area contributed by atoms with Crippen LogP contribution in [0.25, 0.3) is 0 Å². The number of phenolic OH excluding ortho intramolecular Hbond substituents is 1. The van der Waals surface area contributed by atoms with Crippen molar-refractivity contribution in [3.8, 4) is 5.75 Å². The average Bonchev–Trinajstić information content (AvgIpc) is 3.09. The lowest BCUT2D eigenvalue weighted by atomic mass is 9.85. The second kappa shape index (κ2) is 10.5. The van der Waals surface area contributed by atoms with E-state index < -0.39 is 5.54 Å². The minimum absolute atomic E-state index is 0.0724. The Hall–Kier alpha value is -3.71. The Kier molecular flexibility index (Phi) is 7.00. The Balaban J connectivity index is 1.32. The summed E-state index contributed by atoms with van der Waals surface area (Å²) in [6.07, 6.45) is 6.21. The zero-order chi connectivity index (χ0) is 25.0. The van der Waals surface area contributed by atoms with Gasteiger partial charge in [0, 0.05) is 50.7 Å². The second-order valence-corrected chi connectivity index (χ2v) is 9.71. The van der Waals surface area contributed by atoms with Crippen LogP contribution in [0.15, 0.2) is 79.1 Å². The van der Waals surface area contributed by atoms with Crippen LogP contribution >= 0.6 is 0 Å². The number of aromatic hydroxyl groups is 1. The number of benzene rings is 2. The molecule has 2 aromatic carbocycles. The van der Waals surface area contributed by atoms with Gasteiger partial charge in [0.15, 0.2) is 0 Å². The number of likely N-dealkylation sites (tertiary alicyclic amines) is 1. The van der Waals surface area contributed by atoms with E-state index in [1.165, 1.54) is 4.90 Å². The van der Waals surface area contributed by atoms with Crippen molar-refractivity contribution >= 4 is 11.9 Å². The molecule has 1 spiro atoms. The zero-order valence-electron chi connectivity index (χ0n) is 20.4. The van der Waals surface area contributed by atoms with Crippen molar-refractivity contribution in [2.24, 2.45) is 0 Å². The van der Waals surface area contributed by atoms with Gasteiger partial charge in [0.2, 0.25) is 0 Å². The van der Waals surface area contributed by atoms with Crippen molar-refractivity contribution in [3.05, 3.63) is 95.8 Å². The third-order valence-electron chi connectivity index (χ3n) is 7.44. The van der Waals surface area contributed by atoms with Gasteiger partial charge < -0.3 is 10.0 Å². The predicted molar refractivity (Wildman–Crippen MR) is 137 cm³/mol. The summed E-state index contributed by atoms with van der Waals surface area (Å²) in [5.41, 5.74) is 2.17. The average molecular weight is 485 g/mol. The molecule has 36 heavy (non-hydrogen) atoms. The Labute approximate surface area is 212 Å². The number of carbonyl (C=O) groups excluding carboxylic acids is 2. The summed E-state index contributed by atoms with van der Waals surface area (Å²) >= 11 is 0. The van der Waals surface area contributed by atoms with E-state index in [0.717, 1.165) is 23.1 Å². The van der Waals surface area contributed by atoms with Crippen LogP contribution in [0.3, 0.4) is 0 Å². The van der Waals surface area contributed by atoms with Crippen molar-refractivity contribution in [1.82, 2.24) is 19.7 Å². The highest BCUT2D eigenvalue weighted by Crippen LogP contribution is 2.39. The lowest BCUT2D eigenvalue weighted by Gasteiger charge is -2.42. The molecule has 1 N–H and O–H groups in total. The number of rotatable bonds is 8. The Morgan fingerprint density at radius 1 is 0.861 bits per heavy atom. The molecule has 0 atom stereocenters. The molecule has 2 aliphatic rings. The number of hydrogen-bond donors (Lipinski definition) is 1. The maximum atomic E-state index is 13.8. The number of para-hydroxylation sites is 1. The SMILES string of the molecule is O=C1N(CCCc2cccnc2)C(=O)C2(CCN(Cc3ccccc3O)CC2)N1Cc1ccccc1. The molecule has 5 rings (SSSR count). The summed E-state index contributed by atoms with van der Waals surface area (Å²) in [5.74, 6) is 0.215. The molecule has 0 saturated carbocycles. The Morgan fingerprint density at radius 3 is 2.31 bits per heavy atom. The van der Waals surface area contributed by atoms with Crippen LogP contribution in [0.1, 0.15) is 36.0 Å². The third-order valence-corrected chi connectivity index (χ3v) is 7.44. The molecule has 0 radical (unpaired) electrons. The van der Waals surface area contributed by atoms with E-state index in [-0.39, 0.29) is 17.7 Å². The first-order chi connectivity index (χ1) is 17.6. The highest BCUT2D eigenvalue weighted by molar-refractivity contribution is 6.07. The smallest absolute Gasteiger partial charge is 0.327 e. The Bertz CT molecular complexity index is 1190. The molecular weight excluding hydrogens is 452 g/mol. The maximum Gasteiger partial charge on any atom is 0.327 e.